The molecule has 0 bridgehead atoms. The summed E-state index contributed by atoms with van der Waals surface area (Å²) in [6.45, 7) is 11.1. The van der Waals surface area contributed by atoms with Gasteiger partial charge in [-0.1, -0.05) is 39.0 Å². The first-order valence-electron chi connectivity index (χ1n) is 12.6. The molecule has 0 fully saturated rings. The summed E-state index contributed by atoms with van der Waals surface area (Å²) in [7, 11) is 6.02. The van der Waals surface area contributed by atoms with Crippen LogP contribution in [0.3, 0.4) is 0 Å². The topological polar surface area (TPSA) is 55.4 Å². The smallest absolute Gasteiger partial charge is 0.250 e. The van der Waals surface area contributed by atoms with Crippen molar-refractivity contribution in [1.29, 1.82) is 0 Å². The molecule has 0 atom stereocenters. The lowest BCUT2D eigenvalue weighted by molar-refractivity contribution is 0.323. The Balaban J connectivity index is 2.28. The van der Waals surface area contributed by atoms with Crippen molar-refractivity contribution < 1.29 is 28.1 Å². The van der Waals surface area contributed by atoms with Gasteiger partial charge in [0.15, 0.2) is 17.2 Å². The molecule has 0 N–H and O–H groups in total. The van der Waals surface area contributed by atoms with Gasteiger partial charge in [-0.2, -0.15) is 0 Å². The number of hydrogen-bond acceptors (Lipinski definition) is 6. The summed E-state index contributed by atoms with van der Waals surface area (Å²) < 4.78 is 35.5. The van der Waals surface area contributed by atoms with Crippen LogP contribution in [0.2, 0.25) is 18.1 Å². The van der Waals surface area contributed by atoms with Gasteiger partial charge >= 0.3 is 0 Å². The monoisotopic (exact) mass is 614 g/mol. The number of hydrogen-bond donors (Lipinski definition) is 0. The zero-order valence-corrected chi connectivity index (χ0v) is 27.1. The van der Waals surface area contributed by atoms with Crippen LogP contribution in [0.25, 0.3) is 11.6 Å². The van der Waals surface area contributed by atoms with Crippen molar-refractivity contribution >= 4 is 35.9 Å². The normalized spacial score (nSPS) is 12.1. The molecule has 6 nitrogen and oxygen atoms in total. The Morgan fingerprint density at radius 1 is 0.718 bits per heavy atom. The molecule has 0 aliphatic carbocycles. The molecule has 0 unspecified atom stereocenters. The van der Waals surface area contributed by atoms with E-state index in [-0.39, 0.29) is 5.04 Å². The van der Waals surface area contributed by atoms with Gasteiger partial charge in [-0.05, 0) is 87.2 Å². The maximum Gasteiger partial charge on any atom is 0.250 e. The zero-order valence-electron chi connectivity index (χ0n) is 24.5. The summed E-state index contributed by atoms with van der Waals surface area (Å²) >= 11 is 3.77. The molecule has 0 saturated heterocycles. The first-order valence-corrected chi connectivity index (χ1v) is 16.3. The van der Waals surface area contributed by atoms with E-state index in [4.69, 9.17) is 28.1 Å². The first-order chi connectivity index (χ1) is 18.4. The Bertz CT molecular complexity index is 1330. The Morgan fingerprint density at radius 2 is 1.33 bits per heavy atom. The molecule has 0 radical (unpaired) electrons. The summed E-state index contributed by atoms with van der Waals surface area (Å²) in [4.78, 5) is 0. The molecular weight excluding hydrogens is 576 g/mol. The van der Waals surface area contributed by atoms with E-state index in [9.17, 15) is 0 Å². The fourth-order valence-electron chi connectivity index (χ4n) is 3.86. The maximum atomic E-state index is 6.68. The molecule has 0 amide bonds. The zero-order chi connectivity index (χ0) is 29.0. The molecule has 3 rings (SSSR count). The van der Waals surface area contributed by atoms with Gasteiger partial charge in [-0.15, -0.1) is 0 Å². The number of methoxy groups -OCH3 is 5. The average molecular weight is 616 g/mol. The van der Waals surface area contributed by atoms with Crippen LogP contribution in [0.1, 0.15) is 37.5 Å². The van der Waals surface area contributed by atoms with E-state index in [1.807, 2.05) is 48.5 Å². The van der Waals surface area contributed by atoms with Gasteiger partial charge in [0.2, 0.25) is 5.75 Å². The molecule has 0 heterocycles. The predicted molar refractivity (Wildman–Crippen MR) is 165 cm³/mol. The van der Waals surface area contributed by atoms with Gasteiger partial charge < -0.3 is 28.1 Å². The molecule has 0 saturated carbocycles. The van der Waals surface area contributed by atoms with Crippen molar-refractivity contribution in [1.82, 2.24) is 0 Å². The van der Waals surface area contributed by atoms with E-state index in [0.29, 0.717) is 23.0 Å². The largest absolute Gasteiger partial charge is 0.541 e. The van der Waals surface area contributed by atoms with Crippen LogP contribution in [-0.4, -0.2) is 43.9 Å². The van der Waals surface area contributed by atoms with Gasteiger partial charge in [-0.25, -0.2) is 0 Å². The Kier molecular flexibility index (Phi) is 9.67. The lowest BCUT2D eigenvalue weighted by atomic mass is 9.94. The first kappa shape index (κ1) is 30.4. The molecular formula is C31H39BrO6Si. The van der Waals surface area contributed by atoms with Crippen molar-refractivity contribution in [2.45, 2.75) is 38.9 Å². The minimum atomic E-state index is -2.11. The highest BCUT2D eigenvalue weighted by molar-refractivity contribution is 9.10. The third-order valence-electron chi connectivity index (χ3n) is 7.13. The van der Waals surface area contributed by atoms with Crippen molar-refractivity contribution in [3.63, 3.8) is 0 Å². The van der Waals surface area contributed by atoms with E-state index in [1.54, 1.807) is 35.5 Å². The van der Waals surface area contributed by atoms with Crippen molar-refractivity contribution in [2.24, 2.45) is 0 Å². The minimum absolute atomic E-state index is 0.0408. The molecule has 3 aromatic rings. The van der Waals surface area contributed by atoms with Crippen LogP contribution in [0.5, 0.6) is 34.5 Å². The second-order valence-corrected chi connectivity index (χ2v) is 16.1. The number of rotatable bonds is 10. The van der Waals surface area contributed by atoms with Crippen LogP contribution in [0, 0.1) is 0 Å². The average Bonchev–Trinajstić information content (AvgIpc) is 2.91. The highest BCUT2D eigenvalue weighted by Gasteiger charge is 2.39. The van der Waals surface area contributed by atoms with Gasteiger partial charge in [0.05, 0.1) is 40.0 Å². The summed E-state index contributed by atoms with van der Waals surface area (Å²) in [5.74, 6) is 3.83. The maximum absolute atomic E-state index is 6.68. The third-order valence-corrected chi connectivity index (χ3v) is 12.3. The molecule has 3 aromatic carbocycles. The molecule has 0 aliphatic rings. The van der Waals surface area contributed by atoms with Gasteiger partial charge in [0.25, 0.3) is 8.32 Å². The Morgan fingerprint density at radius 3 is 1.85 bits per heavy atom. The Hall–Kier alpha value is -3.10. The van der Waals surface area contributed by atoms with Crippen LogP contribution in [-0.2, 0) is 0 Å². The molecule has 0 aromatic heterocycles. The quantitative estimate of drug-likeness (QED) is 0.169. The van der Waals surface area contributed by atoms with E-state index >= 15 is 0 Å². The fraction of sp³-hybridized carbons (Fsp3) is 0.355. The van der Waals surface area contributed by atoms with E-state index in [0.717, 1.165) is 38.2 Å². The van der Waals surface area contributed by atoms with Gasteiger partial charge in [0.1, 0.15) is 11.5 Å². The Labute approximate surface area is 242 Å². The van der Waals surface area contributed by atoms with Crippen molar-refractivity contribution in [3.05, 3.63) is 69.7 Å². The van der Waals surface area contributed by atoms with Crippen LogP contribution in [0.15, 0.2) is 53.0 Å². The van der Waals surface area contributed by atoms with Crippen LogP contribution < -0.4 is 28.1 Å². The van der Waals surface area contributed by atoms with E-state index < -0.39 is 8.32 Å². The van der Waals surface area contributed by atoms with Crippen LogP contribution in [0.4, 0.5) is 0 Å². The molecule has 210 valence electrons. The number of benzene rings is 3. The SMILES string of the molecule is COc1ccc(/C(=C/c2ccc(OC)c(O[Si](C)(C)C(C)(C)C)c2)c2cc(OC)c(OC)c(OC)c2Br)cc1. The lowest BCUT2D eigenvalue weighted by Crippen LogP contribution is -2.43. The number of halogens is 1. The standard InChI is InChI=1S/C31H39BrO6Si/c1-31(2,3)39(9,10)38-26-18-20(11-16-25(26)34-5)17-23(21-12-14-22(33-4)15-13-21)24-19-27(35-6)29(36-7)30(37-8)28(24)32/h11-19H,1-10H3/b23-17-. The number of ether oxygens (including phenoxy) is 5. The summed E-state index contributed by atoms with van der Waals surface area (Å²) in [6.07, 6.45) is 2.12. The van der Waals surface area contributed by atoms with Gasteiger partial charge in [-0.3, -0.25) is 0 Å². The molecule has 8 heteroatoms. The second-order valence-electron chi connectivity index (χ2n) is 10.6. The van der Waals surface area contributed by atoms with E-state index in [1.165, 1.54) is 0 Å². The third kappa shape index (κ3) is 6.56. The minimum Gasteiger partial charge on any atom is -0.541 e. The predicted octanol–water partition coefficient (Wildman–Crippen LogP) is 8.47. The second kappa shape index (κ2) is 12.4. The summed E-state index contributed by atoms with van der Waals surface area (Å²) in [5.41, 5.74) is 3.74. The summed E-state index contributed by atoms with van der Waals surface area (Å²) in [6, 6.07) is 15.9. The fourth-order valence-corrected chi connectivity index (χ4v) is 5.55. The van der Waals surface area contributed by atoms with Crippen molar-refractivity contribution in [2.75, 3.05) is 35.5 Å². The summed E-state index contributed by atoms with van der Waals surface area (Å²) in [5, 5.41) is 0.0408. The van der Waals surface area contributed by atoms with Gasteiger partial charge in [0, 0.05) is 5.56 Å². The molecule has 0 spiro atoms. The highest BCUT2D eigenvalue weighted by Crippen LogP contribution is 2.48. The highest BCUT2D eigenvalue weighted by atomic mass is 79.9. The lowest BCUT2D eigenvalue weighted by Gasteiger charge is -2.36. The molecule has 39 heavy (non-hydrogen) atoms. The van der Waals surface area contributed by atoms with Crippen LogP contribution >= 0.6 is 15.9 Å². The van der Waals surface area contributed by atoms with Crippen molar-refractivity contribution in [3.8, 4) is 34.5 Å². The molecule has 0 aliphatic heterocycles. The van der Waals surface area contributed by atoms with E-state index in [2.05, 4.69) is 55.9 Å².